The van der Waals surface area contributed by atoms with Crippen molar-refractivity contribution in [2.45, 2.75) is 62.5 Å². The largest absolute Gasteiger partial charge is 0.341 e. The normalized spacial score (nSPS) is 23.9. The molecule has 0 radical (unpaired) electrons. The van der Waals surface area contributed by atoms with Crippen molar-refractivity contribution in [2.75, 3.05) is 13.1 Å². The molecule has 0 aromatic heterocycles. The smallest absolute Gasteiger partial charge is 0.225 e. The molecule has 2 fully saturated rings. The first-order valence-corrected chi connectivity index (χ1v) is 10.0. The standard InChI is InChI=1S/C19H27NO2S/c1-14-8-9-17(12-15(14)2)23(22)18-10-11-20(13-18)19(21)16-6-4-3-5-7-16/h8-9,12,16,18H,3-7,10-11,13H2,1-2H3. The molecular formula is C19H27NO2S. The Hall–Kier alpha value is -1.16. The van der Waals surface area contributed by atoms with Crippen LogP contribution in [0.3, 0.4) is 0 Å². The van der Waals surface area contributed by atoms with Gasteiger partial charge in [-0.25, -0.2) is 0 Å². The van der Waals surface area contributed by atoms with Gasteiger partial charge in [-0.3, -0.25) is 9.00 Å². The summed E-state index contributed by atoms with van der Waals surface area (Å²) in [5.41, 5.74) is 2.41. The van der Waals surface area contributed by atoms with E-state index < -0.39 is 10.8 Å². The molecule has 1 amide bonds. The number of carbonyl (C=O) groups is 1. The molecule has 0 N–H and O–H groups in total. The van der Waals surface area contributed by atoms with E-state index in [1.807, 2.05) is 23.1 Å². The predicted octanol–water partition coefficient (Wildman–Crippen LogP) is 3.59. The summed E-state index contributed by atoms with van der Waals surface area (Å²) in [4.78, 5) is 15.5. The van der Waals surface area contributed by atoms with Crippen molar-refractivity contribution in [3.05, 3.63) is 29.3 Å². The average molecular weight is 333 g/mol. The van der Waals surface area contributed by atoms with Crippen LogP contribution in [0, 0.1) is 19.8 Å². The van der Waals surface area contributed by atoms with Crippen molar-refractivity contribution in [3.63, 3.8) is 0 Å². The maximum Gasteiger partial charge on any atom is 0.225 e. The molecule has 0 spiro atoms. The molecule has 126 valence electrons. The number of hydrogen-bond acceptors (Lipinski definition) is 2. The molecule has 3 nitrogen and oxygen atoms in total. The van der Waals surface area contributed by atoms with Crippen LogP contribution in [-0.4, -0.2) is 33.4 Å². The highest BCUT2D eigenvalue weighted by atomic mass is 32.2. The Morgan fingerprint density at radius 2 is 1.83 bits per heavy atom. The molecule has 4 heteroatoms. The summed E-state index contributed by atoms with van der Waals surface area (Å²) >= 11 is 0. The SMILES string of the molecule is Cc1ccc(S(=O)C2CCN(C(=O)C3CCCCC3)C2)cc1C. The quantitative estimate of drug-likeness (QED) is 0.847. The summed E-state index contributed by atoms with van der Waals surface area (Å²) < 4.78 is 12.8. The Bertz CT molecular complexity index is 607. The fourth-order valence-corrected chi connectivity index (χ4v) is 5.26. The minimum Gasteiger partial charge on any atom is -0.341 e. The second-order valence-electron chi connectivity index (χ2n) is 7.07. The maximum atomic E-state index is 12.8. The first kappa shape index (κ1) is 16.7. The fourth-order valence-electron chi connectivity index (χ4n) is 3.74. The van der Waals surface area contributed by atoms with E-state index in [0.29, 0.717) is 12.5 Å². The van der Waals surface area contributed by atoms with Crippen LogP contribution in [0.15, 0.2) is 23.1 Å². The molecule has 1 saturated heterocycles. The summed E-state index contributed by atoms with van der Waals surface area (Å²) in [7, 11) is -1.01. The van der Waals surface area contributed by atoms with Gasteiger partial charge < -0.3 is 4.90 Å². The third-order valence-electron chi connectivity index (χ3n) is 5.42. The maximum absolute atomic E-state index is 12.8. The monoisotopic (exact) mass is 333 g/mol. The molecule has 2 atom stereocenters. The molecule has 1 heterocycles. The first-order valence-electron chi connectivity index (χ1n) is 8.83. The van der Waals surface area contributed by atoms with Crippen LogP contribution >= 0.6 is 0 Å². The van der Waals surface area contributed by atoms with Gasteiger partial charge in [-0.15, -0.1) is 0 Å². The zero-order valence-electron chi connectivity index (χ0n) is 14.2. The van der Waals surface area contributed by atoms with Crippen molar-refractivity contribution < 1.29 is 9.00 Å². The lowest BCUT2D eigenvalue weighted by Crippen LogP contribution is -2.36. The molecule has 23 heavy (non-hydrogen) atoms. The number of rotatable bonds is 3. The summed E-state index contributed by atoms with van der Waals surface area (Å²) in [6, 6.07) is 6.06. The minimum absolute atomic E-state index is 0.0876. The number of hydrogen-bond donors (Lipinski definition) is 0. The number of likely N-dealkylation sites (tertiary alicyclic amines) is 1. The lowest BCUT2D eigenvalue weighted by atomic mass is 9.88. The lowest BCUT2D eigenvalue weighted by Gasteiger charge is -2.26. The molecule has 1 aromatic carbocycles. The third-order valence-corrected chi connectivity index (χ3v) is 7.13. The van der Waals surface area contributed by atoms with E-state index in [2.05, 4.69) is 13.8 Å². The van der Waals surface area contributed by atoms with Crippen molar-refractivity contribution in [1.82, 2.24) is 4.90 Å². The zero-order chi connectivity index (χ0) is 16.4. The van der Waals surface area contributed by atoms with Crippen LogP contribution in [-0.2, 0) is 15.6 Å². The number of nitrogens with zero attached hydrogens (tertiary/aromatic N) is 1. The number of carbonyl (C=O) groups excluding carboxylic acids is 1. The fraction of sp³-hybridized carbons (Fsp3) is 0.632. The molecule has 3 rings (SSSR count). The van der Waals surface area contributed by atoms with Gasteiger partial charge in [0.1, 0.15) is 0 Å². The number of amides is 1. The van der Waals surface area contributed by atoms with Gasteiger partial charge in [0.2, 0.25) is 5.91 Å². The van der Waals surface area contributed by atoms with Crippen LogP contribution in [0.4, 0.5) is 0 Å². The van der Waals surface area contributed by atoms with E-state index in [9.17, 15) is 9.00 Å². The van der Waals surface area contributed by atoms with Crippen molar-refractivity contribution in [1.29, 1.82) is 0 Å². The molecule has 1 aliphatic heterocycles. The molecular weight excluding hydrogens is 306 g/mol. The third kappa shape index (κ3) is 3.68. The summed E-state index contributed by atoms with van der Waals surface area (Å²) in [6.45, 7) is 5.57. The van der Waals surface area contributed by atoms with Crippen LogP contribution in [0.1, 0.15) is 49.7 Å². The van der Waals surface area contributed by atoms with Crippen molar-refractivity contribution in [3.8, 4) is 0 Å². The second kappa shape index (κ2) is 7.16. The Balaban J connectivity index is 1.63. The van der Waals surface area contributed by atoms with Gasteiger partial charge in [0.15, 0.2) is 0 Å². The van der Waals surface area contributed by atoms with Crippen molar-refractivity contribution in [2.24, 2.45) is 5.92 Å². The Morgan fingerprint density at radius 1 is 1.09 bits per heavy atom. The highest BCUT2D eigenvalue weighted by Gasteiger charge is 2.34. The minimum atomic E-state index is -1.01. The van der Waals surface area contributed by atoms with Crippen LogP contribution in [0.2, 0.25) is 0 Å². The zero-order valence-corrected chi connectivity index (χ0v) is 15.0. The molecule has 1 aromatic rings. The Labute approximate surface area is 141 Å². The van der Waals surface area contributed by atoms with E-state index >= 15 is 0 Å². The molecule has 2 unspecified atom stereocenters. The van der Waals surface area contributed by atoms with Crippen LogP contribution < -0.4 is 0 Å². The van der Waals surface area contributed by atoms with Gasteiger partial charge in [0.05, 0.1) is 16.0 Å². The highest BCUT2D eigenvalue weighted by Crippen LogP contribution is 2.28. The highest BCUT2D eigenvalue weighted by molar-refractivity contribution is 7.85. The molecule has 2 aliphatic rings. The van der Waals surface area contributed by atoms with Crippen LogP contribution in [0.5, 0.6) is 0 Å². The topological polar surface area (TPSA) is 37.4 Å². The average Bonchev–Trinajstić information content (AvgIpc) is 3.07. The van der Waals surface area contributed by atoms with E-state index in [0.717, 1.165) is 30.7 Å². The van der Waals surface area contributed by atoms with Crippen LogP contribution in [0.25, 0.3) is 0 Å². The number of aryl methyl sites for hydroxylation is 2. The van der Waals surface area contributed by atoms with Gasteiger partial charge in [-0.2, -0.15) is 0 Å². The number of benzene rings is 1. The van der Waals surface area contributed by atoms with E-state index in [1.165, 1.54) is 30.4 Å². The lowest BCUT2D eigenvalue weighted by molar-refractivity contribution is -0.135. The first-order chi connectivity index (χ1) is 11.1. The van der Waals surface area contributed by atoms with E-state index in [1.54, 1.807) is 0 Å². The van der Waals surface area contributed by atoms with Crippen molar-refractivity contribution >= 4 is 16.7 Å². The predicted molar refractivity (Wildman–Crippen MR) is 93.9 cm³/mol. The van der Waals surface area contributed by atoms with Gasteiger partial charge in [0.25, 0.3) is 0 Å². The Kier molecular flexibility index (Phi) is 5.20. The summed E-state index contributed by atoms with van der Waals surface area (Å²) in [6.07, 6.45) is 6.58. The van der Waals surface area contributed by atoms with Gasteiger partial charge in [-0.1, -0.05) is 25.3 Å². The summed E-state index contributed by atoms with van der Waals surface area (Å²) in [5.74, 6) is 0.529. The van der Waals surface area contributed by atoms with Gasteiger partial charge in [-0.05, 0) is 56.4 Å². The van der Waals surface area contributed by atoms with E-state index in [-0.39, 0.29) is 11.2 Å². The molecule has 1 aliphatic carbocycles. The van der Waals surface area contributed by atoms with E-state index in [4.69, 9.17) is 0 Å². The molecule has 1 saturated carbocycles. The van der Waals surface area contributed by atoms with Gasteiger partial charge >= 0.3 is 0 Å². The Morgan fingerprint density at radius 3 is 2.52 bits per heavy atom. The second-order valence-corrected chi connectivity index (χ2v) is 8.81. The molecule has 0 bridgehead atoms. The summed E-state index contributed by atoms with van der Waals surface area (Å²) in [5, 5.41) is 0.0876. The van der Waals surface area contributed by atoms with Gasteiger partial charge in [0, 0.05) is 23.9 Å².